The predicted octanol–water partition coefficient (Wildman–Crippen LogP) is 1.47. The van der Waals surface area contributed by atoms with Crippen LogP contribution in [0.3, 0.4) is 0 Å². The monoisotopic (exact) mass is 194 g/mol. The Hall–Kier alpha value is -0.800. The summed E-state index contributed by atoms with van der Waals surface area (Å²) in [5.74, 6) is 1.94. The third-order valence-corrected chi connectivity index (χ3v) is 3.53. The molecule has 0 bridgehead atoms. The number of rotatable bonds is 1. The normalized spacial score (nSPS) is 33.9. The van der Waals surface area contributed by atoms with E-state index in [1.165, 1.54) is 0 Å². The third-order valence-electron chi connectivity index (χ3n) is 3.53. The van der Waals surface area contributed by atoms with Crippen LogP contribution in [0.25, 0.3) is 0 Å². The lowest BCUT2D eigenvalue weighted by atomic mass is 9.91. The first kappa shape index (κ1) is 9.74. The van der Waals surface area contributed by atoms with Gasteiger partial charge in [-0.05, 0) is 39.4 Å². The summed E-state index contributed by atoms with van der Waals surface area (Å²) in [4.78, 5) is 2.27. The minimum atomic E-state index is -0.131. The lowest BCUT2D eigenvalue weighted by Gasteiger charge is -2.33. The van der Waals surface area contributed by atoms with Crippen LogP contribution in [0.4, 0.5) is 0 Å². The van der Waals surface area contributed by atoms with Gasteiger partial charge < -0.3 is 10.2 Å². The summed E-state index contributed by atoms with van der Waals surface area (Å²) in [5, 5.41) is 0. The number of hydrogen-bond donors (Lipinski definition) is 1. The molecule has 0 amide bonds. The van der Waals surface area contributed by atoms with Crippen molar-refractivity contribution in [3.05, 3.63) is 23.7 Å². The maximum atomic E-state index is 6.14. The van der Waals surface area contributed by atoms with E-state index in [1.54, 1.807) is 0 Å². The molecule has 78 valence electrons. The Balaban J connectivity index is 2.39. The molecule has 2 heterocycles. The summed E-state index contributed by atoms with van der Waals surface area (Å²) < 4.78 is 5.69. The molecule has 2 N–H and O–H groups in total. The van der Waals surface area contributed by atoms with Crippen molar-refractivity contribution in [3.63, 3.8) is 0 Å². The van der Waals surface area contributed by atoms with Crippen LogP contribution in [0.2, 0.25) is 0 Å². The van der Waals surface area contributed by atoms with Gasteiger partial charge in [0.25, 0.3) is 0 Å². The van der Waals surface area contributed by atoms with Gasteiger partial charge in [0.15, 0.2) is 0 Å². The maximum absolute atomic E-state index is 6.14. The summed E-state index contributed by atoms with van der Waals surface area (Å²) in [7, 11) is 2.10. The lowest BCUT2D eigenvalue weighted by molar-refractivity contribution is 0.146. The van der Waals surface area contributed by atoms with E-state index in [-0.39, 0.29) is 11.6 Å². The molecule has 0 aromatic carbocycles. The zero-order chi connectivity index (χ0) is 10.3. The smallest absolute Gasteiger partial charge is 0.125 e. The Labute approximate surface area is 84.9 Å². The first-order valence-electron chi connectivity index (χ1n) is 5.09. The standard InChI is InChI=1S/C11H18N2O/c1-8-4-5-10(14-8)11(2)9(12)6-7-13(11)3/h4-5,9H,6-7,12H2,1-3H3. The number of nitrogens with zero attached hydrogens (tertiary/aromatic N) is 1. The van der Waals surface area contributed by atoms with Crippen LogP contribution in [0.15, 0.2) is 16.5 Å². The van der Waals surface area contributed by atoms with Gasteiger partial charge in [-0.15, -0.1) is 0 Å². The van der Waals surface area contributed by atoms with Crippen molar-refractivity contribution < 1.29 is 4.42 Å². The second-order valence-electron chi connectivity index (χ2n) is 4.37. The molecule has 3 nitrogen and oxygen atoms in total. The van der Waals surface area contributed by atoms with Gasteiger partial charge >= 0.3 is 0 Å². The number of furan rings is 1. The van der Waals surface area contributed by atoms with E-state index < -0.39 is 0 Å². The number of hydrogen-bond acceptors (Lipinski definition) is 3. The van der Waals surface area contributed by atoms with E-state index in [9.17, 15) is 0 Å². The first-order valence-corrected chi connectivity index (χ1v) is 5.09. The summed E-state index contributed by atoms with van der Waals surface area (Å²) in [6.45, 7) is 5.16. The van der Waals surface area contributed by atoms with Gasteiger partial charge in [0.05, 0.1) is 5.54 Å². The molecular formula is C11H18N2O. The van der Waals surface area contributed by atoms with Crippen LogP contribution >= 0.6 is 0 Å². The Morgan fingerprint density at radius 2 is 2.29 bits per heavy atom. The molecule has 2 rings (SSSR count). The van der Waals surface area contributed by atoms with E-state index in [0.717, 1.165) is 24.5 Å². The van der Waals surface area contributed by atoms with Crippen molar-refractivity contribution in [2.24, 2.45) is 5.73 Å². The highest BCUT2D eigenvalue weighted by molar-refractivity contribution is 5.20. The van der Waals surface area contributed by atoms with Gasteiger partial charge in [0, 0.05) is 12.6 Å². The third kappa shape index (κ3) is 1.20. The molecule has 1 saturated heterocycles. The summed E-state index contributed by atoms with van der Waals surface area (Å²) in [6, 6.07) is 4.20. The molecule has 0 radical (unpaired) electrons. The Morgan fingerprint density at radius 3 is 2.71 bits per heavy atom. The highest BCUT2D eigenvalue weighted by atomic mass is 16.3. The second-order valence-corrected chi connectivity index (χ2v) is 4.37. The predicted molar refractivity (Wildman–Crippen MR) is 56.0 cm³/mol. The lowest BCUT2D eigenvalue weighted by Crippen LogP contribution is -2.46. The van der Waals surface area contributed by atoms with Crippen LogP contribution in [-0.2, 0) is 5.54 Å². The molecule has 3 heteroatoms. The van der Waals surface area contributed by atoms with Gasteiger partial charge in [-0.2, -0.15) is 0 Å². The Morgan fingerprint density at radius 1 is 1.57 bits per heavy atom. The van der Waals surface area contributed by atoms with Crippen molar-refractivity contribution in [2.45, 2.75) is 31.8 Å². The molecule has 2 unspecified atom stereocenters. The van der Waals surface area contributed by atoms with E-state index in [4.69, 9.17) is 10.2 Å². The van der Waals surface area contributed by atoms with Crippen molar-refractivity contribution >= 4 is 0 Å². The Bertz CT molecular complexity index is 322. The Kier molecular flexibility index (Phi) is 2.16. The van der Waals surface area contributed by atoms with Crippen molar-refractivity contribution in [2.75, 3.05) is 13.6 Å². The topological polar surface area (TPSA) is 42.4 Å². The molecule has 1 aromatic rings. The van der Waals surface area contributed by atoms with E-state index in [1.807, 2.05) is 19.1 Å². The van der Waals surface area contributed by atoms with Gasteiger partial charge in [0.2, 0.25) is 0 Å². The van der Waals surface area contributed by atoms with Crippen LogP contribution in [0.5, 0.6) is 0 Å². The average Bonchev–Trinajstić information content (AvgIpc) is 2.67. The average molecular weight is 194 g/mol. The van der Waals surface area contributed by atoms with E-state index in [2.05, 4.69) is 18.9 Å². The molecule has 0 aliphatic carbocycles. The molecule has 1 aromatic heterocycles. The molecule has 14 heavy (non-hydrogen) atoms. The zero-order valence-electron chi connectivity index (χ0n) is 9.08. The number of nitrogens with two attached hydrogens (primary N) is 1. The maximum Gasteiger partial charge on any atom is 0.125 e. The molecule has 1 fully saturated rings. The summed E-state index contributed by atoms with van der Waals surface area (Å²) >= 11 is 0. The molecule has 1 aliphatic rings. The van der Waals surface area contributed by atoms with Gasteiger partial charge in [-0.3, -0.25) is 4.90 Å². The number of likely N-dealkylation sites (tertiary alicyclic amines) is 1. The quantitative estimate of drug-likeness (QED) is 0.736. The molecule has 0 spiro atoms. The number of aryl methyl sites for hydroxylation is 1. The summed E-state index contributed by atoms with van der Waals surface area (Å²) in [6.07, 6.45) is 1.03. The minimum absolute atomic E-state index is 0.131. The van der Waals surface area contributed by atoms with Crippen LogP contribution in [0, 0.1) is 6.92 Å². The highest BCUT2D eigenvalue weighted by Gasteiger charge is 2.44. The summed E-state index contributed by atoms with van der Waals surface area (Å²) in [5.41, 5.74) is 6.01. The fourth-order valence-corrected chi connectivity index (χ4v) is 2.21. The van der Waals surface area contributed by atoms with Crippen molar-refractivity contribution in [1.82, 2.24) is 4.90 Å². The van der Waals surface area contributed by atoms with Gasteiger partial charge in [0.1, 0.15) is 11.5 Å². The largest absolute Gasteiger partial charge is 0.464 e. The fraction of sp³-hybridized carbons (Fsp3) is 0.636. The zero-order valence-corrected chi connectivity index (χ0v) is 9.08. The molecule has 2 atom stereocenters. The SMILES string of the molecule is Cc1ccc(C2(C)C(N)CCN2C)o1. The molecule has 1 aliphatic heterocycles. The van der Waals surface area contributed by atoms with Crippen LogP contribution < -0.4 is 5.73 Å². The van der Waals surface area contributed by atoms with Crippen LogP contribution in [0.1, 0.15) is 24.9 Å². The molecular weight excluding hydrogens is 176 g/mol. The highest BCUT2D eigenvalue weighted by Crippen LogP contribution is 2.37. The fourth-order valence-electron chi connectivity index (χ4n) is 2.21. The van der Waals surface area contributed by atoms with Gasteiger partial charge in [-0.25, -0.2) is 0 Å². The van der Waals surface area contributed by atoms with E-state index >= 15 is 0 Å². The van der Waals surface area contributed by atoms with E-state index in [0.29, 0.717) is 0 Å². The minimum Gasteiger partial charge on any atom is -0.464 e. The second kappa shape index (κ2) is 3.11. The van der Waals surface area contributed by atoms with Crippen molar-refractivity contribution in [3.8, 4) is 0 Å². The van der Waals surface area contributed by atoms with Gasteiger partial charge in [-0.1, -0.05) is 0 Å². The van der Waals surface area contributed by atoms with Crippen molar-refractivity contribution in [1.29, 1.82) is 0 Å². The number of likely N-dealkylation sites (N-methyl/N-ethyl adjacent to an activating group) is 1. The van der Waals surface area contributed by atoms with Crippen LogP contribution in [-0.4, -0.2) is 24.5 Å². The first-order chi connectivity index (χ1) is 6.55. The molecule has 0 saturated carbocycles.